The monoisotopic (exact) mass is 495 g/mol. The van der Waals surface area contributed by atoms with Crippen LogP contribution < -0.4 is 0 Å². The Kier molecular flexibility index (Phi) is 5.52. The van der Waals surface area contributed by atoms with Gasteiger partial charge in [-0.25, -0.2) is 9.18 Å². The van der Waals surface area contributed by atoms with E-state index in [0.29, 0.717) is 0 Å². The lowest BCUT2D eigenvalue weighted by atomic mass is 9.94. The van der Waals surface area contributed by atoms with Gasteiger partial charge in [-0.3, -0.25) is 19.3 Å². The molecule has 4 rings (SSSR count). The number of carboxylic acid groups (broad SMARTS) is 1. The number of imide groups is 1. The second-order valence-electron chi connectivity index (χ2n) is 8.30. The van der Waals surface area contributed by atoms with Crippen molar-refractivity contribution in [2.24, 2.45) is 0 Å². The van der Waals surface area contributed by atoms with Gasteiger partial charge in [-0.2, -0.15) is 0 Å². The van der Waals surface area contributed by atoms with E-state index in [0.717, 1.165) is 17.9 Å². The number of aromatic nitrogens is 1. The summed E-state index contributed by atoms with van der Waals surface area (Å²) in [5, 5.41) is 12.6. The number of carbonyl (C=O) groups excluding carboxylic acids is 3. The molecule has 174 valence electrons. The van der Waals surface area contributed by atoms with E-state index in [-0.39, 0.29) is 27.6 Å². The van der Waals surface area contributed by atoms with Crippen LogP contribution in [0.3, 0.4) is 0 Å². The van der Waals surface area contributed by atoms with Gasteiger partial charge >= 0.3 is 5.97 Å². The second-order valence-corrected chi connectivity index (χ2v) is 10.5. The van der Waals surface area contributed by atoms with Crippen molar-refractivity contribution >= 4 is 47.1 Å². The van der Waals surface area contributed by atoms with Gasteiger partial charge in [0.05, 0.1) is 10.6 Å². The van der Waals surface area contributed by atoms with Crippen LogP contribution in [-0.2, 0) is 14.4 Å². The molecular weight excluding hydrogens is 477 g/mol. The van der Waals surface area contributed by atoms with Crippen molar-refractivity contribution in [3.8, 4) is 11.3 Å². The van der Waals surface area contributed by atoms with Crippen LogP contribution in [0.5, 0.6) is 0 Å². The van der Waals surface area contributed by atoms with Crippen molar-refractivity contribution in [3.63, 3.8) is 0 Å². The van der Waals surface area contributed by atoms with E-state index in [2.05, 4.69) is 5.16 Å². The molecule has 0 unspecified atom stereocenters. The van der Waals surface area contributed by atoms with Crippen LogP contribution in [0.25, 0.3) is 11.3 Å². The van der Waals surface area contributed by atoms with Gasteiger partial charge in [-0.15, -0.1) is 11.8 Å². The van der Waals surface area contributed by atoms with Crippen LogP contribution >= 0.6 is 23.4 Å². The molecule has 1 aromatic carbocycles. The number of benzene rings is 1. The zero-order valence-electron chi connectivity index (χ0n) is 18.0. The number of carboxylic acids is 1. The molecule has 2 aliphatic rings. The average Bonchev–Trinajstić information content (AvgIpc) is 3.20. The van der Waals surface area contributed by atoms with Crippen molar-refractivity contribution in [1.29, 1.82) is 0 Å². The molecule has 0 radical (unpaired) electrons. The van der Waals surface area contributed by atoms with E-state index >= 15 is 0 Å². The fourth-order valence-corrected chi connectivity index (χ4v) is 6.26. The first kappa shape index (κ1) is 23.2. The lowest BCUT2D eigenvalue weighted by Gasteiger charge is -2.47. The third kappa shape index (κ3) is 3.41. The minimum Gasteiger partial charge on any atom is -0.480 e. The zero-order chi connectivity index (χ0) is 24.4. The standard InChI is InChI=1S/C21H19ClFN3O6S/c1-8-12(14(24-32-8)13-10(22)6-5-7-11(13)23)17(28)25(9(2)27)15-18(29)26-16(20(30)31)21(3,4)33-19(15)26/h5-7,15-16,19H,1-4H3,(H,30,31)/t15-,16+,19-/m1/s1. The highest BCUT2D eigenvalue weighted by Crippen LogP contribution is 2.52. The lowest BCUT2D eigenvalue weighted by molar-refractivity contribution is -0.165. The third-order valence-corrected chi connectivity index (χ3v) is 7.63. The first-order valence-electron chi connectivity index (χ1n) is 9.86. The van der Waals surface area contributed by atoms with Crippen LogP contribution in [0, 0.1) is 12.7 Å². The molecule has 3 amide bonds. The first-order chi connectivity index (χ1) is 15.4. The second kappa shape index (κ2) is 7.84. The van der Waals surface area contributed by atoms with E-state index in [1.807, 2.05) is 0 Å². The Labute approximate surface area is 196 Å². The molecule has 3 heterocycles. The van der Waals surface area contributed by atoms with E-state index < -0.39 is 51.7 Å². The number of rotatable bonds is 4. The Bertz CT molecular complexity index is 1190. The Hall–Kier alpha value is -2.92. The van der Waals surface area contributed by atoms with Crippen molar-refractivity contribution < 1.29 is 33.2 Å². The molecule has 0 bridgehead atoms. The molecule has 3 atom stereocenters. The van der Waals surface area contributed by atoms with Gasteiger partial charge in [-0.05, 0) is 32.9 Å². The van der Waals surface area contributed by atoms with Gasteiger partial charge in [0.25, 0.3) is 11.8 Å². The number of β-lactam (4-membered cyclic amide) rings is 1. The highest BCUT2D eigenvalue weighted by Gasteiger charge is 2.66. The number of aliphatic carboxylic acids is 1. The van der Waals surface area contributed by atoms with Crippen LogP contribution in [-0.4, -0.2) is 66.0 Å². The van der Waals surface area contributed by atoms with Crippen molar-refractivity contribution in [2.75, 3.05) is 0 Å². The maximum atomic E-state index is 14.5. The number of aryl methyl sites for hydroxylation is 1. The number of halogens is 2. The number of hydrogen-bond acceptors (Lipinski definition) is 7. The highest BCUT2D eigenvalue weighted by molar-refractivity contribution is 8.01. The van der Waals surface area contributed by atoms with Gasteiger partial charge < -0.3 is 14.5 Å². The quantitative estimate of drug-likeness (QED) is 0.642. The molecular formula is C21H19ClFN3O6S. The highest BCUT2D eigenvalue weighted by atomic mass is 35.5. The fourth-order valence-electron chi connectivity index (χ4n) is 4.33. The molecule has 0 spiro atoms. The smallest absolute Gasteiger partial charge is 0.327 e. The lowest BCUT2D eigenvalue weighted by Crippen LogP contribution is -2.72. The average molecular weight is 496 g/mol. The van der Waals surface area contributed by atoms with E-state index in [9.17, 15) is 28.7 Å². The van der Waals surface area contributed by atoms with E-state index in [1.54, 1.807) is 13.8 Å². The predicted molar refractivity (Wildman–Crippen MR) is 116 cm³/mol. The summed E-state index contributed by atoms with van der Waals surface area (Å²) in [7, 11) is 0. The maximum Gasteiger partial charge on any atom is 0.327 e. The summed E-state index contributed by atoms with van der Waals surface area (Å²) in [6, 6.07) is 1.61. The molecule has 2 saturated heterocycles. The van der Waals surface area contributed by atoms with E-state index in [4.69, 9.17) is 16.1 Å². The summed E-state index contributed by atoms with van der Waals surface area (Å²) in [5.74, 6) is -4.22. The summed E-state index contributed by atoms with van der Waals surface area (Å²) < 4.78 is 18.8. The molecule has 1 aromatic heterocycles. The topological polar surface area (TPSA) is 121 Å². The van der Waals surface area contributed by atoms with Crippen LogP contribution in [0.1, 0.15) is 36.9 Å². The molecule has 33 heavy (non-hydrogen) atoms. The number of amides is 3. The fraction of sp³-hybridized carbons (Fsp3) is 0.381. The number of hydrogen-bond donors (Lipinski definition) is 1. The Balaban J connectivity index is 1.76. The number of fused-ring (bicyclic) bond motifs is 1. The number of nitrogens with zero attached hydrogens (tertiary/aromatic N) is 3. The summed E-state index contributed by atoms with van der Waals surface area (Å²) in [6.07, 6.45) is 0. The third-order valence-electron chi connectivity index (χ3n) is 5.76. The molecule has 1 N–H and O–H groups in total. The normalized spacial score (nSPS) is 23.2. The zero-order valence-corrected chi connectivity index (χ0v) is 19.5. The maximum absolute atomic E-state index is 14.5. The van der Waals surface area contributed by atoms with Gasteiger partial charge in [0.1, 0.15) is 40.3 Å². The van der Waals surface area contributed by atoms with Gasteiger partial charge in [0.2, 0.25) is 5.91 Å². The molecule has 2 fully saturated rings. The molecule has 9 nitrogen and oxygen atoms in total. The van der Waals surface area contributed by atoms with Crippen molar-refractivity contribution in [1.82, 2.24) is 15.0 Å². The number of carbonyl (C=O) groups is 4. The van der Waals surface area contributed by atoms with E-state index in [1.165, 1.54) is 35.7 Å². The summed E-state index contributed by atoms with van der Waals surface area (Å²) in [4.78, 5) is 52.9. The van der Waals surface area contributed by atoms with Crippen LogP contribution in [0.15, 0.2) is 22.7 Å². The summed E-state index contributed by atoms with van der Waals surface area (Å²) >= 11 is 7.33. The van der Waals surface area contributed by atoms with Gasteiger partial charge in [0.15, 0.2) is 0 Å². The van der Waals surface area contributed by atoms with Crippen molar-refractivity contribution in [3.05, 3.63) is 40.4 Å². The molecule has 0 aliphatic carbocycles. The Morgan fingerprint density at radius 1 is 1.33 bits per heavy atom. The molecule has 2 aromatic rings. The molecule has 12 heteroatoms. The largest absolute Gasteiger partial charge is 0.480 e. The molecule has 2 aliphatic heterocycles. The molecule has 0 saturated carbocycles. The van der Waals surface area contributed by atoms with Gasteiger partial charge in [-0.1, -0.05) is 22.8 Å². The summed E-state index contributed by atoms with van der Waals surface area (Å²) in [5.41, 5.74) is -0.578. The minimum atomic E-state index is -1.22. The van der Waals surface area contributed by atoms with Crippen LogP contribution in [0.4, 0.5) is 4.39 Å². The Morgan fingerprint density at radius 3 is 2.58 bits per heavy atom. The first-order valence-corrected chi connectivity index (χ1v) is 11.1. The SMILES string of the molecule is CC(=O)N(C(=O)c1c(-c2c(F)cccc2Cl)noc1C)[C@@H]1C(=O)N2[C@@H]1SC(C)(C)[C@@H]2C(=O)O. The number of thioether (sulfide) groups is 1. The predicted octanol–water partition coefficient (Wildman–Crippen LogP) is 2.95. The van der Waals surface area contributed by atoms with Crippen molar-refractivity contribution in [2.45, 2.75) is 49.9 Å². The minimum absolute atomic E-state index is 0.00650. The Morgan fingerprint density at radius 2 is 2.00 bits per heavy atom. The summed E-state index contributed by atoms with van der Waals surface area (Å²) in [6.45, 7) is 5.90. The van der Waals surface area contributed by atoms with Gasteiger partial charge in [0, 0.05) is 11.7 Å². The van der Waals surface area contributed by atoms with Crippen LogP contribution in [0.2, 0.25) is 5.02 Å².